The fourth-order valence-corrected chi connectivity index (χ4v) is 6.47. The van der Waals surface area contributed by atoms with Crippen LogP contribution in [-0.4, -0.2) is 36.3 Å². The van der Waals surface area contributed by atoms with Gasteiger partial charge in [0.2, 0.25) is 0 Å². The highest BCUT2D eigenvalue weighted by Gasteiger charge is 2.48. The summed E-state index contributed by atoms with van der Waals surface area (Å²) in [5.41, 5.74) is 2.00. The lowest BCUT2D eigenvalue weighted by atomic mass is 9.68. The predicted octanol–water partition coefficient (Wildman–Crippen LogP) is 4.24. The summed E-state index contributed by atoms with van der Waals surface area (Å²) in [5.74, 6) is -0.228. The molecule has 2 saturated heterocycles. The van der Waals surface area contributed by atoms with E-state index in [-0.39, 0.29) is 12.6 Å². The first kappa shape index (κ1) is 23.7. The Balaban J connectivity index is 1.69. The van der Waals surface area contributed by atoms with E-state index < -0.39 is 17.2 Å². The van der Waals surface area contributed by atoms with Crippen molar-refractivity contribution < 1.29 is 14.3 Å². The van der Waals surface area contributed by atoms with Gasteiger partial charge in [0, 0.05) is 23.4 Å². The highest BCUT2D eigenvalue weighted by atomic mass is 32.2. The number of thioether (sulfide) groups is 1. The molecule has 2 aromatic carbocycles. The molecule has 0 bridgehead atoms. The zero-order valence-corrected chi connectivity index (χ0v) is 20.1. The van der Waals surface area contributed by atoms with Crippen molar-refractivity contribution in [3.63, 3.8) is 0 Å². The zero-order valence-electron chi connectivity index (χ0n) is 19.3. The number of esters is 1. The largest absolute Gasteiger partial charge is 0.455 e. The number of carbonyl (C=O) groups excluding carboxylic acids is 2. The standard InChI is InChI=1S/C27H32N2O3S/c1-3-14-27(15-20-10-6-4-7-11-20,19(2)24-23-22(17-33-24)28-18-29-23)25(30)26(31)32-16-21-12-8-5-9-13-21/h4-13,22-23,28-29H,3,14-18H2,1-2H3/t22-,23-,27?/m1/s1. The summed E-state index contributed by atoms with van der Waals surface area (Å²) >= 11 is 1.80. The number of carbonyl (C=O) groups is 2. The minimum absolute atomic E-state index is 0.0967. The van der Waals surface area contributed by atoms with E-state index in [1.807, 2.05) is 67.6 Å². The number of ketones is 1. The van der Waals surface area contributed by atoms with Gasteiger partial charge in [-0.1, -0.05) is 74.0 Å². The zero-order chi connectivity index (χ0) is 23.3. The van der Waals surface area contributed by atoms with E-state index >= 15 is 0 Å². The van der Waals surface area contributed by atoms with Crippen LogP contribution in [-0.2, 0) is 27.4 Å². The molecule has 0 spiro atoms. The molecule has 6 heteroatoms. The van der Waals surface area contributed by atoms with Crippen LogP contribution in [0.2, 0.25) is 0 Å². The smallest absolute Gasteiger partial charge is 0.375 e. The van der Waals surface area contributed by atoms with Crippen molar-refractivity contribution in [1.29, 1.82) is 0 Å². The van der Waals surface area contributed by atoms with Gasteiger partial charge in [0.05, 0.1) is 11.5 Å². The minimum atomic E-state index is -0.925. The minimum Gasteiger partial charge on any atom is -0.455 e. The summed E-state index contributed by atoms with van der Waals surface area (Å²) in [4.78, 5) is 28.3. The molecule has 2 aromatic rings. The number of benzene rings is 2. The van der Waals surface area contributed by atoms with Gasteiger partial charge in [-0.05, 0) is 36.5 Å². The lowest BCUT2D eigenvalue weighted by molar-refractivity contribution is -0.158. The molecule has 2 heterocycles. The van der Waals surface area contributed by atoms with E-state index in [1.54, 1.807) is 11.8 Å². The van der Waals surface area contributed by atoms with Gasteiger partial charge in [0.1, 0.15) is 6.61 Å². The monoisotopic (exact) mass is 464 g/mol. The van der Waals surface area contributed by atoms with Crippen molar-refractivity contribution >= 4 is 23.5 Å². The number of hydrogen-bond donors (Lipinski definition) is 2. The van der Waals surface area contributed by atoms with Crippen molar-refractivity contribution in [2.24, 2.45) is 5.41 Å². The van der Waals surface area contributed by atoms with E-state index in [2.05, 4.69) is 17.6 Å². The van der Waals surface area contributed by atoms with E-state index in [0.29, 0.717) is 18.9 Å². The van der Waals surface area contributed by atoms with Crippen LogP contribution in [0.25, 0.3) is 0 Å². The first-order valence-electron chi connectivity index (χ1n) is 11.7. The molecule has 2 aliphatic rings. The molecule has 2 aliphatic heterocycles. The van der Waals surface area contributed by atoms with Crippen molar-refractivity contribution in [3.05, 3.63) is 82.3 Å². The summed E-state index contributed by atoms with van der Waals surface area (Å²) in [5, 5.41) is 7.01. The van der Waals surface area contributed by atoms with E-state index in [0.717, 1.165) is 35.5 Å². The first-order valence-corrected chi connectivity index (χ1v) is 12.6. The Hall–Kier alpha value is -2.41. The molecule has 0 saturated carbocycles. The van der Waals surface area contributed by atoms with Crippen LogP contribution in [0.4, 0.5) is 0 Å². The second-order valence-electron chi connectivity index (χ2n) is 8.85. The molecule has 0 aromatic heterocycles. The third kappa shape index (κ3) is 5.08. The van der Waals surface area contributed by atoms with Crippen LogP contribution in [0.15, 0.2) is 71.1 Å². The number of allylic oxidation sites excluding steroid dienone is 1. The van der Waals surface area contributed by atoms with E-state index in [4.69, 9.17) is 4.74 Å². The Labute approximate surface area is 200 Å². The molecular formula is C27H32N2O3S. The lowest BCUT2D eigenvalue weighted by Gasteiger charge is -2.34. The number of hydrogen-bond acceptors (Lipinski definition) is 6. The number of fused-ring (bicyclic) bond motifs is 1. The van der Waals surface area contributed by atoms with Gasteiger partial charge in [-0.25, -0.2) is 4.79 Å². The van der Waals surface area contributed by atoms with Crippen molar-refractivity contribution in [2.45, 2.75) is 51.8 Å². The maximum absolute atomic E-state index is 13.9. The molecule has 5 nitrogen and oxygen atoms in total. The van der Waals surface area contributed by atoms with Crippen LogP contribution >= 0.6 is 11.8 Å². The Bertz CT molecular complexity index is 1010. The molecule has 174 valence electrons. The van der Waals surface area contributed by atoms with Gasteiger partial charge in [0.25, 0.3) is 5.78 Å². The SMILES string of the molecule is CCCC(Cc1ccccc1)(C(=O)C(=O)OCc1ccccc1)C(C)=C1SC[C@H]2NCN[C@@H]12. The third-order valence-corrected chi connectivity index (χ3v) is 8.13. The number of rotatable bonds is 9. The molecule has 0 radical (unpaired) electrons. The Morgan fingerprint density at radius 3 is 2.36 bits per heavy atom. The van der Waals surface area contributed by atoms with Gasteiger partial charge >= 0.3 is 5.97 Å². The highest BCUT2D eigenvalue weighted by Crippen LogP contribution is 2.46. The Morgan fingerprint density at radius 1 is 1.03 bits per heavy atom. The average Bonchev–Trinajstić information content (AvgIpc) is 3.47. The molecule has 33 heavy (non-hydrogen) atoms. The maximum atomic E-state index is 13.9. The van der Waals surface area contributed by atoms with Crippen molar-refractivity contribution in [3.8, 4) is 0 Å². The van der Waals surface area contributed by atoms with E-state index in [9.17, 15) is 9.59 Å². The highest BCUT2D eigenvalue weighted by molar-refractivity contribution is 8.03. The van der Waals surface area contributed by atoms with Crippen LogP contribution in [0.1, 0.15) is 37.8 Å². The predicted molar refractivity (Wildman–Crippen MR) is 133 cm³/mol. The summed E-state index contributed by atoms with van der Waals surface area (Å²) in [7, 11) is 0. The van der Waals surface area contributed by atoms with Gasteiger partial charge in [-0.2, -0.15) is 0 Å². The summed E-state index contributed by atoms with van der Waals surface area (Å²) in [6.45, 7) is 4.98. The first-order chi connectivity index (χ1) is 16.0. The Kier molecular flexibility index (Phi) is 7.68. The molecular weight excluding hydrogens is 432 g/mol. The summed E-state index contributed by atoms with van der Waals surface area (Å²) in [6, 6.07) is 20.0. The topological polar surface area (TPSA) is 67.4 Å². The van der Waals surface area contributed by atoms with Gasteiger partial charge < -0.3 is 4.74 Å². The number of nitrogens with one attached hydrogen (secondary N) is 2. The Morgan fingerprint density at radius 2 is 1.70 bits per heavy atom. The second kappa shape index (κ2) is 10.7. The third-order valence-electron chi connectivity index (χ3n) is 6.74. The number of Topliss-reactive ketones (excluding diaryl/α,β-unsaturated/α-hetero) is 1. The lowest BCUT2D eigenvalue weighted by Crippen LogP contribution is -2.42. The molecule has 0 aliphatic carbocycles. The fraction of sp³-hybridized carbons (Fsp3) is 0.407. The van der Waals surface area contributed by atoms with Crippen molar-refractivity contribution in [1.82, 2.24) is 10.6 Å². The van der Waals surface area contributed by atoms with Gasteiger partial charge in [-0.15, -0.1) is 11.8 Å². The van der Waals surface area contributed by atoms with Crippen LogP contribution < -0.4 is 10.6 Å². The quantitative estimate of drug-likeness (QED) is 0.428. The fourth-order valence-electron chi connectivity index (χ4n) is 4.97. The van der Waals surface area contributed by atoms with E-state index in [1.165, 1.54) is 4.91 Å². The second-order valence-corrected chi connectivity index (χ2v) is 9.92. The maximum Gasteiger partial charge on any atom is 0.375 e. The molecule has 2 fully saturated rings. The van der Waals surface area contributed by atoms with Crippen LogP contribution in [0.5, 0.6) is 0 Å². The number of ether oxygens (including phenoxy) is 1. The van der Waals surface area contributed by atoms with Crippen molar-refractivity contribution in [2.75, 3.05) is 12.4 Å². The normalized spacial score (nSPS) is 23.0. The molecule has 2 N–H and O–H groups in total. The summed E-state index contributed by atoms with van der Waals surface area (Å²) in [6.07, 6.45) is 1.88. The summed E-state index contributed by atoms with van der Waals surface area (Å²) < 4.78 is 5.53. The molecule has 4 rings (SSSR count). The van der Waals surface area contributed by atoms with Crippen LogP contribution in [0, 0.1) is 5.41 Å². The molecule has 0 amide bonds. The van der Waals surface area contributed by atoms with Crippen LogP contribution in [0.3, 0.4) is 0 Å². The molecule has 1 unspecified atom stereocenters. The average molecular weight is 465 g/mol. The van der Waals surface area contributed by atoms with Gasteiger partial charge in [0.15, 0.2) is 0 Å². The van der Waals surface area contributed by atoms with Gasteiger partial charge in [-0.3, -0.25) is 15.4 Å². The molecule has 3 atom stereocenters.